The lowest BCUT2D eigenvalue weighted by Crippen LogP contribution is -2.35. The van der Waals surface area contributed by atoms with E-state index in [0.717, 1.165) is 4.90 Å². The lowest BCUT2D eigenvalue weighted by atomic mass is 10.1. The van der Waals surface area contributed by atoms with Gasteiger partial charge in [-0.25, -0.2) is 4.98 Å². The molecule has 0 aliphatic heterocycles. The first kappa shape index (κ1) is 21.2. The maximum absolute atomic E-state index is 12.2. The molecule has 0 atom stereocenters. The third-order valence-electron chi connectivity index (χ3n) is 4.22. The van der Waals surface area contributed by atoms with E-state index in [0.29, 0.717) is 27.4 Å². The van der Waals surface area contributed by atoms with Crippen LogP contribution < -0.4 is 10.6 Å². The zero-order valence-electron chi connectivity index (χ0n) is 16.0. The smallest absolute Gasteiger partial charge is 0.236 e. The minimum absolute atomic E-state index is 0.0198. The summed E-state index contributed by atoms with van der Waals surface area (Å²) in [6.45, 7) is 0. The molecular weight excluding hydrogens is 454 g/mol. The van der Waals surface area contributed by atoms with Gasteiger partial charge in [0, 0.05) is 15.6 Å². The number of aromatic nitrogens is 1. The van der Waals surface area contributed by atoms with E-state index in [9.17, 15) is 9.90 Å². The van der Waals surface area contributed by atoms with E-state index in [2.05, 4.69) is 15.6 Å². The van der Waals surface area contributed by atoms with Gasteiger partial charge in [-0.2, -0.15) is 0 Å². The summed E-state index contributed by atoms with van der Waals surface area (Å²) in [6.07, 6.45) is 0. The van der Waals surface area contributed by atoms with Crippen LogP contribution in [-0.4, -0.2) is 26.9 Å². The summed E-state index contributed by atoms with van der Waals surface area (Å²) in [7, 11) is 0. The molecule has 0 aliphatic carbocycles. The lowest BCUT2D eigenvalue weighted by molar-refractivity contribution is -0.117. The second kappa shape index (κ2) is 9.38. The predicted molar refractivity (Wildman–Crippen MR) is 128 cm³/mol. The van der Waals surface area contributed by atoms with Crippen molar-refractivity contribution in [1.29, 1.82) is 0 Å². The highest BCUT2D eigenvalue weighted by atomic mass is 35.5. The van der Waals surface area contributed by atoms with Crippen LogP contribution >= 0.6 is 35.6 Å². The van der Waals surface area contributed by atoms with Gasteiger partial charge in [-0.3, -0.25) is 4.79 Å². The first-order valence-electron chi connectivity index (χ1n) is 9.16. The standard InChI is InChI=1S/C22H16ClN3O3S2/c23-13-5-8-15(9-6-13)31-12-20(28)26-22(30)24-14-7-10-18(27)16(11-14)21-25-17-3-1-2-4-19(17)29-21/h1-11,27H,12H2,(H2,24,26,28,30). The van der Waals surface area contributed by atoms with E-state index in [1.54, 1.807) is 30.3 Å². The van der Waals surface area contributed by atoms with Crippen LogP contribution in [0.5, 0.6) is 5.75 Å². The Morgan fingerprint density at radius 1 is 1.13 bits per heavy atom. The summed E-state index contributed by atoms with van der Waals surface area (Å²) in [5.74, 6) is 0.270. The summed E-state index contributed by atoms with van der Waals surface area (Å²) >= 11 is 12.5. The maximum Gasteiger partial charge on any atom is 0.236 e. The number of para-hydroxylation sites is 2. The largest absolute Gasteiger partial charge is 0.507 e. The molecule has 0 saturated heterocycles. The molecule has 1 amide bonds. The number of phenolic OH excluding ortho intramolecular Hbond substituents is 1. The number of amides is 1. The van der Waals surface area contributed by atoms with Crippen molar-refractivity contribution in [2.24, 2.45) is 0 Å². The molecule has 9 heteroatoms. The van der Waals surface area contributed by atoms with Crippen molar-refractivity contribution in [3.8, 4) is 17.2 Å². The zero-order chi connectivity index (χ0) is 21.8. The number of fused-ring (bicyclic) bond motifs is 1. The average molecular weight is 470 g/mol. The van der Waals surface area contributed by atoms with E-state index >= 15 is 0 Å². The molecule has 1 heterocycles. The average Bonchev–Trinajstić information content (AvgIpc) is 3.18. The highest BCUT2D eigenvalue weighted by Gasteiger charge is 2.14. The molecule has 156 valence electrons. The summed E-state index contributed by atoms with van der Waals surface area (Å²) in [5.41, 5.74) is 2.30. The Bertz CT molecular complexity index is 1230. The van der Waals surface area contributed by atoms with E-state index in [1.807, 2.05) is 30.3 Å². The fourth-order valence-corrected chi connectivity index (χ4v) is 3.83. The summed E-state index contributed by atoms with van der Waals surface area (Å²) in [5, 5.41) is 16.6. The van der Waals surface area contributed by atoms with Crippen molar-refractivity contribution in [3.05, 3.63) is 71.8 Å². The minimum atomic E-state index is -0.240. The van der Waals surface area contributed by atoms with E-state index < -0.39 is 0 Å². The predicted octanol–water partition coefficient (Wildman–Crippen LogP) is 5.46. The van der Waals surface area contributed by atoms with Gasteiger partial charge in [0.15, 0.2) is 10.7 Å². The Morgan fingerprint density at radius 3 is 2.68 bits per heavy atom. The van der Waals surface area contributed by atoms with Crippen LogP contribution in [0.4, 0.5) is 5.69 Å². The van der Waals surface area contributed by atoms with Crippen LogP contribution in [0.1, 0.15) is 0 Å². The molecule has 31 heavy (non-hydrogen) atoms. The van der Waals surface area contributed by atoms with E-state index in [-0.39, 0.29) is 28.4 Å². The fourth-order valence-electron chi connectivity index (χ4n) is 2.78. The number of thiocarbonyl (C=S) groups is 1. The number of benzene rings is 3. The maximum atomic E-state index is 12.2. The van der Waals surface area contributed by atoms with Gasteiger partial charge in [0.2, 0.25) is 11.8 Å². The number of rotatable bonds is 5. The molecule has 0 saturated carbocycles. The number of hydrogen-bond donors (Lipinski definition) is 3. The van der Waals surface area contributed by atoms with Crippen LogP contribution in [0.2, 0.25) is 5.02 Å². The van der Waals surface area contributed by atoms with Crippen LogP contribution in [0.3, 0.4) is 0 Å². The normalized spacial score (nSPS) is 10.7. The Balaban J connectivity index is 1.39. The summed E-state index contributed by atoms with van der Waals surface area (Å²) < 4.78 is 5.73. The van der Waals surface area contributed by atoms with Gasteiger partial charge in [0.25, 0.3) is 0 Å². The third kappa shape index (κ3) is 5.35. The van der Waals surface area contributed by atoms with Crippen molar-refractivity contribution in [2.75, 3.05) is 11.1 Å². The highest BCUT2D eigenvalue weighted by Crippen LogP contribution is 2.33. The lowest BCUT2D eigenvalue weighted by Gasteiger charge is -2.11. The fraction of sp³-hybridized carbons (Fsp3) is 0.0455. The molecule has 0 unspecified atom stereocenters. The van der Waals surface area contributed by atoms with Crippen molar-refractivity contribution < 1.29 is 14.3 Å². The van der Waals surface area contributed by atoms with Gasteiger partial charge in [0.05, 0.1) is 11.3 Å². The number of halogens is 1. The van der Waals surface area contributed by atoms with E-state index in [4.69, 9.17) is 28.2 Å². The SMILES string of the molecule is O=C(CSc1ccc(Cl)cc1)NC(=S)Nc1ccc(O)c(-c2nc3ccccc3o2)c1. The monoisotopic (exact) mass is 469 g/mol. The molecule has 3 aromatic carbocycles. The molecule has 0 spiro atoms. The first-order chi connectivity index (χ1) is 15.0. The van der Waals surface area contributed by atoms with Crippen LogP contribution in [0.25, 0.3) is 22.6 Å². The van der Waals surface area contributed by atoms with E-state index in [1.165, 1.54) is 17.8 Å². The molecular formula is C22H16ClN3O3S2. The molecule has 0 bridgehead atoms. The molecule has 1 aromatic heterocycles. The molecule has 4 aromatic rings. The molecule has 0 radical (unpaired) electrons. The van der Waals surface area contributed by atoms with Crippen molar-refractivity contribution in [1.82, 2.24) is 10.3 Å². The number of nitrogens with one attached hydrogen (secondary N) is 2. The number of thioether (sulfide) groups is 1. The zero-order valence-corrected chi connectivity index (χ0v) is 18.4. The number of nitrogens with zero attached hydrogens (tertiary/aromatic N) is 1. The van der Waals surface area contributed by atoms with Crippen LogP contribution in [0.15, 0.2) is 76.0 Å². The molecule has 3 N–H and O–H groups in total. The molecule has 0 fully saturated rings. The molecule has 0 aliphatic rings. The number of anilines is 1. The van der Waals surface area contributed by atoms with Crippen molar-refractivity contribution in [2.45, 2.75) is 4.90 Å². The minimum Gasteiger partial charge on any atom is -0.507 e. The second-order valence-electron chi connectivity index (χ2n) is 6.46. The van der Waals surface area contributed by atoms with Gasteiger partial charge < -0.3 is 20.2 Å². The molecule has 6 nitrogen and oxygen atoms in total. The molecule has 4 rings (SSSR count). The van der Waals surface area contributed by atoms with Gasteiger partial charge in [-0.15, -0.1) is 11.8 Å². The highest BCUT2D eigenvalue weighted by molar-refractivity contribution is 8.00. The van der Waals surface area contributed by atoms with Gasteiger partial charge >= 0.3 is 0 Å². The van der Waals surface area contributed by atoms with Crippen LogP contribution in [-0.2, 0) is 4.79 Å². The van der Waals surface area contributed by atoms with Gasteiger partial charge in [-0.05, 0) is 66.8 Å². The van der Waals surface area contributed by atoms with Crippen molar-refractivity contribution >= 4 is 63.4 Å². The Morgan fingerprint density at radius 2 is 1.90 bits per heavy atom. The first-order valence-corrected chi connectivity index (χ1v) is 10.9. The topological polar surface area (TPSA) is 87.4 Å². The quantitative estimate of drug-likeness (QED) is 0.203. The number of oxazole rings is 1. The Labute approximate surface area is 192 Å². The number of carbonyl (C=O) groups excluding carboxylic acids is 1. The number of hydrogen-bond acceptors (Lipinski definition) is 6. The number of aromatic hydroxyl groups is 1. The second-order valence-corrected chi connectivity index (χ2v) is 8.36. The summed E-state index contributed by atoms with van der Waals surface area (Å²) in [4.78, 5) is 17.5. The Hall–Kier alpha value is -3.07. The van der Waals surface area contributed by atoms with Gasteiger partial charge in [0.1, 0.15) is 11.3 Å². The Kier molecular flexibility index (Phi) is 6.41. The van der Waals surface area contributed by atoms with Gasteiger partial charge in [-0.1, -0.05) is 23.7 Å². The van der Waals surface area contributed by atoms with Crippen molar-refractivity contribution in [3.63, 3.8) is 0 Å². The number of carbonyl (C=O) groups is 1. The third-order valence-corrected chi connectivity index (χ3v) is 5.68. The van der Waals surface area contributed by atoms with Crippen LogP contribution in [0, 0.1) is 0 Å². The summed E-state index contributed by atoms with van der Waals surface area (Å²) in [6, 6.07) is 19.4. The number of phenols is 1.